The van der Waals surface area contributed by atoms with Crippen molar-refractivity contribution in [2.75, 3.05) is 17.2 Å². The van der Waals surface area contributed by atoms with Crippen LogP contribution in [-0.4, -0.2) is 17.6 Å². The van der Waals surface area contributed by atoms with Crippen molar-refractivity contribution >= 4 is 39.9 Å². The van der Waals surface area contributed by atoms with Crippen LogP contribution in [0.2, 0.25) is 0 Å². The highest BCUT2D eigenvalue weighted by Crippen LogP contribution is 2.35. The fourth-order valence-corrected chi connectivity index (χ4v) is 2.83. The minimum Gasteiger partial charge on any atom is -0.507 e. The topological polar surface area (TPSA) is 66.6 Å². The van der Waals surface area contributed by atoms with Crippen LogP contribution in [-0.2, 0) is 6.42 Å². The molecule has 0 unspecified atom stereocenters. The van der Waals surface area contributed by atoms with E-state index in [1.807, 2.05) is 34.7 Å². The maximum absolute atomic E-state index is 12.6. The third kappa shape index (κ3) is 2.11. The van der Waals surface area contributed by atoms with Gasteiger partial charge < -0.3 is 15.7 Å². The molecular weight excluding hydrogens is 367 g/mol. The number of carbonyl (C=O) groups excluding carboxylic acids is 1. The van der Waals surface area contributed by atoms with E-state index in [0.717, 1.165) is 21.2 Å². The molecule has 0 bridgehead atoms. The average Bonchev–Trinajstić information content (AvgIpc) is 2.86. The zero-order valence-electron chi connectivity index (χ0n) is 10.6. The molecule has 1 aliphatic heterocycles. The summed E-state index contributed by atoms with van der Waals surface area (Å²) in [6, 6.07) is 10.6. The molecule has 0 atom stereocenters. The summed E-state index contributed by atoms with van der Waals surface area (Å²) < 4.78 is 0.723. The molecule has 0 saturated carbocycles. The highest BCUT2D eigenvalue weighted by atomic mass is 127. The number of aromatic hydroxyl groups is 1. The van der Waals surface area contributed by atoms with E-state index in [1.165, 1.54) is 6.07 Å². The largest absolute Gasteiger partial charge is 0.507 e. The normalized spacial score (nSPS) is 13.3. The van der Waals surface area contributed by atoms with Crippen molar-refractivity contribution < 1.29 is 9.90 Å². The van der Waals surface area contributed by atoms with Gasteiger partial charge in [0.15, 0.2) is 0 Å². The number of amides is 1. The minimum absolute atomic E-state index is 0.122. The predicted molar refractivity (Wildman–Crippen MR) is 87.1 cm³/mol. The number of hydrogen-bond acceptors (Lipinski definition) is 3. The maximum Gasteiger partial charge on any atom is 0.258 e. The number of rotatable bonds is 1. The average molecular weight is 380 g/mol. The second kappa shape index (κ2) is 4.97. The van der Waals surface area contributed by atoms with Gasteiger partial charge in [-0.15, -0.1) is 0 Å². The van der Waals surface area contributed by atoms with Crippen LogP contribution >= 0.6 is 22.6 Å². The number of nitrogen functional groups attached to an aromatic ring is 1. The lowest BCUT2D eigenvalue weighted by Crippen LogP contribution is -2.29. The van der Waals surface area contributed by atoms with Gasteiger partial charge in [0, 0.05) is 12.1 Å². The standard InChI is InChI=1S/C15H13IN2O2/c16-11-5-4-10(8-13(11)19)15(20)18-7-6-9-2-1-3-12(17)14(9)18/h1-5,8,19H,6-7,17H2. The summed E-state index contributed by atoms with van der Waals surface area (Å²) in [5.41, 5.74) is 8.97. The number of carbonyl (C=O) groups is 1. The van der Waals surface area contributed by atoms with E-state index in [2.05, 4.69) is 0 Å². The molecule has 1 heterocycles. The van der Waals surface area contributed by atoms with Crippen LogP contribution in [0.25, 0.3) is 0 Å². The van der Waals surface area contributed by atoms with Crippen LogP contribution in [0.4, 0.5) is 11.4 Å². The van der Waals surface area contributed by atoms with E-state index in [0.29, 0.717) is 17.8 Å². The molecule has 3 rings (SSSR count). The Morgan fingerprint density at radius 2 is 2.10 bits per heavy atom. The number of halogens is 1. The molecule has 1 aliphatic rings. The summed E-state index contributed by atoms with van der Waals surface area (Å²) in [6.45, 7) is 0.620. The molecule has 2 aromatic rings. The fourth-order valence-electron chi connectivity index (χ4n) is 2.49. The van der Waals surface area contributed by atoms with Crippen LogP contribution in [0.1, 0.15) is 15.9 Å². The van der Waals surface area contributed by atoms with Gasteiger partial charge in [0.25, 0.3) is 5.91 Å². The molecule has 20 heavy (non-hydrogen) atoms. The van der Waals surface area contributed by atoms with Crippen molar-refractivity contribution in [2.45, 2.75) is 6.42 Å². The van der Waals surface area contributed by atoms with Gasteiger partial charge in [-0.05, 0) is 58.8 Å². The van der Waals surface area contributed by atoms with Gasteiger partial charge in [-0.25, -0.2) is 0 Å². The Labute approximate surface area is 130 Å². The predicted octanol–water partition coefficient (Wildman–Crippen LogP) is 2.78. The van der Waals surface area contributed by atoms with Crippen LogP contribution in [0.3, 0.4) is 0 Å². The molecule has 0 aromatic heterocycles. The van der Waals surface area contributed by atoms with Crippen molar-refractivity contribution in [3.05, 3.63) is 51.1 Å². The van der Waals surface area contributed by atoms with Gasteiger partial charge in [0.1, 0.15) is 5.75 Å². The van der Waals surface area contributed by atoms with Gasteiger partial charge in [0.05, 0.1) is 14.9 Å². The van der Waals surface area contributed by atoms with Gasteiger partial charge in [-0.2, -0.15) is 0 Å². The van der Waals surface area contributed by atoms with Crippen molar-refractivity contribution in [1.29, 1.82) is 0 Å². The number of anilines is 2. The molecule has 0 saturated heterocycles. The van der Waals surface area contributed by atoms with Gasteiger partial charge >= 0.3 is 0 Å². The number of phenols is 1. The van der Waals surface area contributed by atoms with Crippen LogP contribution in [0.5, 0.6) is 5.75 Å². The molecule has 0 aliphatic carbocycles. The Morgan fingerprint density at radius 1 is 1.30 bits per heavy atom. The number of fused-ring (bicyclic) bond motifs is 1. The number of nitrogens with two attached hydrogens (primary N) is 1. The maximum atomic E-state index is 12.6. The lowest BCUT2D eigenvalue weighted by molar-refractivity contribution is 0.0989. The summed E-state index contributed by atoms with van der Waals surface area (Å²) in [5.74, 6) is -0.00902. The molecule has 0 spiro atoms. The second-order valence-electron chi connectivity index (χ2n) is 4.73. The first-order valence-electron chi connectivity index (χ1n) is 6.25. The Kier molecular flexibility index (Phi) is 3.29. The van der Waals surface area contributed by atoms with Gasteiger partial charge in [-0.1, -0.05) is 12.1 Å². The minimum atomic E-state index is -0.131. The molecule has 5 heteroatoms. The first-order valence-corrected chi connectivity index (χ1v) is 7.33. The molecule has 2 aromatic carbocycles. The van der Waals surface area contributed by atoms with Crippen LogP contribution in [0, 0.1) is 3.57 Å². The smallest absolute Gasteiger partial charge is 0.258 e. The number of benzene rings is 2. The summed E-state index contributed by atoms with van der Waals surface area (Å²) in [5, 5.41) is 9.74. The molecule has 0 fully saturated rings. The first-order chi connectivity index (χ1) is 9.58. The Balaban J connectivity index is 1.99. The van der Waals surface area contributed by atoms with Crippen molar-refractivity contribution in [2.24, 2.45) is 0 Å². The Bertz CT molecular complexity index is 700. The summed E-state index contributed by atoms with van der Waals surface area (Å²) in [6.07, 6.45) is 0.808. The molecule has 3 N–H and O–H groups in total. The number of hydrogen-bond donors (Lipinski definition) is 2. The second-order valence-corrected chi connectivity index (χ2v) is 5.89. The number of nitrogens with zero attached hydrogens (tertiary/aromatic N) is 1. The SMILES string of the molecule is Nc1cccc2c1N(C(=O)c1ccc(I)c(O)c1)CC2. The lowest BCUT2D eigenvalue weighted by atomic mass is 10.1. The highest BCUT2D eigenvalue weighted by Gasteiger charge is 2.27. The Morgan fingerprint density at radius 3 is 2.85 bits per heavy atom. The first kappa shape index (κ1) is 13.2. The van der Waals surface area contributed by atoms with E-state index < -0.39 is 0 Å². The van der Waals surface area contributed by atoms with E-state index >= 15 is 0 Å². The molecule has 0 radical (unpaired) electrons. The third-order valence-corrected chi connectivity index (χ3v) is 4.38. The van der Waals surface area contributed by atoms with E-state index in [4.69, 9.17) is 5.73 Å². The lowest BCUT2D eigenvalue weighted by Gasteiger charge is -2.19. The van der Waals surface area contributed by atoms with Crippen LogP contribution in [0.15, 0.2) is 36.4 Å². The highest BCUT2D eigenvalue weighted by molar-refractivity contribution is 14.1. The third-order valence-electron chi connectivity index (χ3n) is 3.46. The zero-order chi connectivity index (χ0) is 14.3. The summed E-state index contributed by atoms with van der Waals surface area (Å²) in [7, 11) is 0. The molecule has 4 nitrogen and oxygen atoms in total. The van der Waals surface area contributed by atoms with E-state index in [1.54, 1.807) is 23.1 Å². The van der Waals surface area contributed by atoms with E-state index in [9.17, 15) is 9.90 Å². The van der Waals surface area contributed by atoms with Gasteiger partial charge in [0.2, 0.25) is 0 Å². The molecular formula is C15H13IN2O2. The quantitative estimate of drug-likeness (QED) is 0.591. The Hall–Kier alpha value is -1.76. The zero-order valence-corrected chi connectivity index (χ0v) is 12.8. The monoisotopic (exact) mass is 380 g/mol. The molecule has 102 valence electrons. The van der Waals surface area contributed by atoms with Crippen molar-refractivity contribution in [3.8, 4) is 5.75 Å². The fraction of sp³-hybridized carbons (Fsp3) is 0.133. The number of para-hydroxylation sites is 1. The summed E-state index contributed by atoms with van der Waals surface area (Å²) >= 11 is 2.02. The van der Waals surface area contributed by atoms with Crippen LogP contribution < -0.4 is 10.6 Å². The van der Waals surface area contributed by atoms with Gasteiger partial charge in [-0.3, -0.25) is 4.79 Å². The van der Waals surface area contributed by atoms with Crippen molar-refractivity contribution in [1.82, 2.24) is 0 Å². The summed E-state index contributed by atoms with van der Waals surface area (Å²) in [4.78, 5) is 14.3. The van der Waals surface area contributed by atoms with E-state index in [-0.39, 0.29) is 11.7 Å². The van der Waals surface area contributed by atoms with Crippen molar-refractivity contribution in [3.63, 3.8) is 0 Å². The molecule has 1 amide bonds. The number of phenolic OH excluding ortho intramolecular Hbond substituents is 1.